The van der Waals surface area contributed by atoms with Crippen molar-refractivity contribution < 1.29 is 14.0 Å². The van der Waals surface area contributed by atoms with E-state index in [0.29, 0.717) is 22.8 Å². The molecule has 1 aliphatic rings. The fourth-order valence-electron chi connectivity index (χ4n) is 4.70. The van der Waals surface area contributed by atoms with Crippen molar-refractivity contribution in [1.82, 2.24) is 10.2 Å². The van der Waals surface area contributed by atoms with Gasteiger partial charge in [-0.05, 0) is 42.2 Å². The van der Waals surface area contributed by atoms with Crippen LogP contribution in [0, 0.1) is 5.82 Å². The van der Waals surface area contributed by atoms with E-state index < -0.39 is 6.04 Å². The van der Waals surface area contributed by atoms with Crippen LogP contribution in [0.5, 0.6) is 0 Å². The number of rotatable bonds is 11. The Hall–Kier alpha value is -2.83. The Morgan fingerprint density at radius 3 is 2.41 bits per heavy atom. The Bertz CT molecular complexity index is 1190. The van der Waals surface area contributed by atoms with Crippen LogP contribution in [0.4, 0.5) is 4.39 Å². The smallest absolute Gasteiger partial charge is 0.243 e. The summed E-state index contributed by atoms with van der Waals surface area (Å²) in [6.45, 7) is 0.0266. The first-order chi connectivity index (χ1) is 18.0. The van der Waals surface area contributed by atoms with Crippen molar-refractivity contribution in [1.29, 1.82) is 0 Å². The zero-order valence-corrected chi connectivity index (χ0v) is 22.3. The van der Waals surface area contributed by atoms with Crippen molar-refractivity contribution in [2.24, 2.45) is 0 Å². The van der Waals surface area contributed by atoms with Gasteiger partial charge in [-0.1, -0.05) is 85.1 Å². The Morgan fingerprint density at radius 2 is 1.68 bits per heavy atom. The monoisotopic (exact) mass is 538 g/mol. The third-order valence-electron chi connectivity index (χ3n) is 6.65. The molecule has 0 aromatic heterocycles. The third kappa shape index (κ3) is 8.08. The largest absolute Gasteiger partial charge is 0.352 e. The van der Waals surface area contributed by atoms with Crippen LogP contribution in [0.15, 0.2) is 78.9 Å². The Kier molecular flexibility index (Phi) is 10.0. The lowest BCUT2D eigenvalue weighted by atomic mass is 10.0. The van der Waals surface area contributed by atoms with Crippen molar-refractivity contribution in [3.63, 3.8) is 0 Å². The van der Waals surface area contributed by atoms with Gasteiger partial charge in [0.2, 0.25) is 11.8 Å². The summed E-state index contributed by atoms with van der Waals surface area (Å²) >= 11 is 7.56. The molecule has 1 fully saturated rings. The molecule has 3 aromatic carbocycles. The van der Waals surface area contributed by atoms with Crippen LogP contribution in [-0.2, 0) is 28.3 Å². The van der Waals surface area contributed by atoms with Crippen LogP contribution in [0.25, 0.3) is 0 Å². The number of halogens is 2. The molecule has 37 heavy (non-hydrogen) atoms. The number of amides is 2. The molecule has 194 valence electrons. The summed E-state index contributed by atoms with van der Waals surface area (Å²) in [6, 6.07) is 23.0. The van der Waals surface area contributed by atoms with Gasteiger partial charge in [0, 0.05) is 35.3 Å². The maximum absolute atomic E-state index is 14.7. The standard InChI is InChI=1S/C30H32ClFN2O2S/c31-25-13-8-11-23(17-25)20-37-21-29(35)34(19-24-12-4-7-16-27(24)32)28(18-22-9-2-1-3-10-22)30(36)33-26-14-5-6-15-26/h1-4,7-13,16-17,26,28H,5-6,14-15,18-21H2,(H,33,36)/t28-/m0/s1. The number of nitrogens with one attached hydrogen (secondary N) is 1. The predicted octanol–water partition coefficient (Wildman–Crippen LogP) is 6.41. The molecule has 1 atom stereocenters. The first kappa shape index (κ1) is 27.2. The molecule has 7 heteroatoms. The first-order valence-corrected chi connectivity index (χ1v) is 14.2. The zero-order chi connectivity index (χ0) is 26.0. The van der Waals surface area contributed by atoms with E-state index in [1.165, 1.54) is 17.8 Å². The molecule has 4 rings (SSSR count). The number of thioether (sulfide) groups is 1. The van der Waals surface area contributed by atoms with Crippen LogP contribution in [-0.4, -0.2) is 34.6 Å². The highest BCUT2D eigenvalue weighted by Crippen LogP contribution is 2.22. The van der Waals surface area contributed by atoms with Crippen LogP contribution in [0.3, 0.4) is 0 Å². The number of hydrogen-bond donors (Lipinski definition) is 1. The second-order valence-electron chi connectivity index (χ2n) is 9.43. The maximum Gasteiger partial charge on any atom is 0.243 e. The van der Waals surface area contributed by atoms with E-state index in [0.717, 1.165) is 36.8 Å². The fraction of sp³-hybridized carbons (Fsp3) is 0.333. The minimum atomic E-state index is -0.748. The Labute approximate surface area is 227 Å². The quantitative estimate of drug-likeness (QED) is 0.307. The van der Waals surface area contributed by atoms with E-state index in [9.17, 15) is 14.0 Å². The molecule has 0 radical (unpaired) electrons. The first-order valence-electron chi connectivity index (χ1n) is 12.7. The van der Waals surface area contributed by atoms with E-state index in [1.807, 2.05) is 54.6 Å². The minimum absolute atomic E-state index is 0.0266. The SMILES string of the molecule is O=C(NC1CCCC1)[C@H](Cc1ccccc1)N(Cc1ccccc1F)C(=O)CSCc1cccc(Cl)c1. The second kappa shape index (κ2) is 13.6. The molecule has 3 aromatic rings. The highest BCUT2D eigenvalue weighted by Gasteiger charge is 2.32. The molecule has 4 nitrogen and oxygen atoms in total. The van der Waals surface area contributed by atoms with Crippen molar-refractivity contribution in [2.45, 2.75) is 56.5 Å². The lowest BCUT2D eigenvalue weighted by Gasteiger charge is -2.32. The molecule has 1 saturated carbocycles. The summed E-state index contributed by atoms with van der Waals surface area (Å²) in [5.41, 5.74) is 2.36. The Balaban J connectivity index is 1.57. The Morgan fingerprint density at radius 1 is 0.973 bits per heavy atom. The highest BCUT2D eigenvalue weighted by atomic mass is 35.5. The van der Waals surface area contributed by atoms with Gasteiger partial charge in [0.25, 0.3) is 0 Å². The van der Waals surface area contributed by atoms with E-state index in [-0.39, 0.29) is 36.0 Å². The molecule has 0 unspecified atom stereocenters. The van der Waals surface area contributed by atoms with Crippen molar-refractivity contribution in [3.05, 3.63) is 106 Å². The van der Waals surface area contributed by atoms with Crippen LogP contribution >= 0.6 is 23.4 Å². The highest BCUT2D eigenvalue weighted by molar-refractivity contribution is 7.99. The van der Waals surface area contributed by atoms with Gasteiger partial charge in [-0.3, -0.25) is 9.59 Å². The number of nitrogens with zero attached hydrogens (tertiary/aromatic N) is 1. The van der Waals surface area contributed by atoms with Crippen molar-refractivity contribution in [3.8, 4) is 0 Å². The molecule has 0 spiro atoms. The van der Waals surface area contributed by atoms with Gasteiger partial charge in [-0.15, -0.1) is 11.8 Å². The summed E-state index contributed by atoms with van der Waals surface area (Å²) in [7, 11) is 0. The van der Waals surface area contributed by atoms with Crippen molar-refractivity contribution >= 4 is 35.2 Å². The van der Waals surface area contributed by atoms with E-state index in [1.54, 1.807) is 23.1 Å². The summed E-state index contributed by atoms with van der Waals surface area (Å²) in [4.78, 5) is 28.9. The lowest BCUT2D eigenvalue weighted by Crippen LogP contribution is -2.52. The molecule has 0 aliphatic heterocycles. The molecular weight excluding hydrogens is 507 g/mol. The van der Waals surface area contributed by atoms with Crippen LogP contribution < -0.4 is 5.32 Å². The molecule has 0 saturated heterocycles. The molecule has 2 amide bonds. The molecular formula is C30H32ClFN2O2S. The average molecular weight is 539 g/mol. The van der Waals surface area contributed by atoms with E-state index in [4.69, 9.17) is 11.6 Å². The minimum Gasteiger partial charge on any atom is -0.352 e. The van der Waals surface area contributed by atoms with Gasteiger partial charge in [0.05, 0.1) is 5.75 Å². The topological polar surface area (TPSA) is 49.4 Å². The lowest BCUT2D eigenvalue weighted by molar-refractivity contribution is -0.139. The molecule has 1 aliphatic carbocycles. The zero-order valence-electron chi connectivity index (χ0n) is 20.7. The predicted molar refractivity (Wildman–Crippen MR) is 149 cm³/mol. The fourth-order valence-corrected chi connectivity index (χ4v) is 5.77. The van der Waals surface area contributed by atoms with Gasteiger partial charge in [0.15, 0.2) is 0 Å². The number of carbonyl (C=O) groups excluding carboxylic acids is 2. The number of benzene rings is 3. The normalized spacial score (nSPS) is 14.3. The third-order valence-corrected chi connectivity index (χ3v) is 7.88. The summed E-state index contributed by atoms with van der Waals surface area (Å²) in [6.07, 6.45) is 4.43. The summed E-state index contributed by atoms with van der Waals surface area (Å²) in [5.74, 6) is 0.0139. The molecule has 1 N–H and O–H groups in total. The average Bonchev–Trinajstić information content (AvgIpc) is 3.41. The van der Waals surface area contributed by atoms with Gasteiger partial charge >= 0.3 is 0 Å². The summed E-state index contributed by atoms with van der Waals surface area (Å²) < 4.78 is 14.7. The van der Waals surface area contributed by atoms with Crippen LogP contribution in [0.1, 0.15) is 42.4 Å². The van der Waals surface area contributed by atoms with Crippen LogP contribution in [0.2, 0.25) is 5.02 Å². The van der Waals surface area contributed by atoms with E-state index >= 15 is 0 Å². The second-order valence-corrected chi connectivity index (χ2v) is 10.9. The van der Waals surface area contributed by atoms with Gasteiger partial charge < -0.3 is 10.2 Å². The van der Waals surface area contributed by atoms with Gasteiger partial charge in [0.1, 0.15) is 11.9 Å². The molecule has 0 heterocycles. The van der Waals surface area contributed by atoms with Gasteiger partial charge in [-0.2, -0.15) is 0 Å². The maximum atomic E-state index is 14.7. The van der Waals surface area contributed by atoms with Crippen molar-refractivity contribution in [2.75, 3.05) is 5.75 Å². The van der Waals surface area contributed by atoms with E-state index in [2.05, 4.69) is 5.32 Å². The van der Waals surface area contributed by atoms with Gasteiger partial charge in [-0.25, -0.2) is 4.39 Å². The number of carbonyl (C=O) groups is 2. The summed E-state index contributed by atoms with van der Waals surface area (Å²) in [5, 5.41) is 3.83. The molecule has 0 bridgehead atoms. The number of hydrogen-bond acceptors (Lipinski definition) is 3.